The summed E-state index contributed by atoms with van der Waals surface area (Å²) in [6.45, 7) is 1.37. The standard InChI is InChI=1S/C10H17N5O3/c1-13(2)6-4-5-11-10(16)9-12-8(15(17)18)7-14(9)3/h7H,4-6H2,1-3H3,(H,11,16). The summed E-state index contributed by atoms with van der Waals surface area (Å²) in [7, 11) is 5.45. The Bertz CT molecular complexity index is 441. The lowest BCUT2D eigenvalue weighted by Gasteiger charge is -2.08. The van der Waals surface area contributed by atoms with Crippen LogP contribution in [0.3, 0.4) is 0 Å². The second-order valence-electron chi connectivity index (χ2n) is 4.20. The third kappa shape index (κ3) is 3.81. The topological polar surface area (TPSA) is 93.3 Å². The van der Waals surface area contributed by atoms with Gasteiger partial charge in [0.1, 0.15) is 6.20 Å². The van der Waals surface area contributed by atoms with Crippen molar-refractivity contribution in [2.24, 2.45) is 7.05 Å². The lowest BCUT2D eigenvalue weighted by molar-refractivity contribution is -0.389. The summed E-state index contributed by atoms with van der Waals surface area (Å²) in [5.41, 5.74) is 0. The van der Waals surface area contributed by atoms with Crippen LogP contribution in [0.25, 0.3) is 0 Å². The summed E-state index contributed by atoms with van der Waals surface area (Å²) >= 11 is 0. The zero-order valence-corrected chi connectivity index (χ0v) is 10.7. The molecule has 0 saturated carbocycles. The fourth-order valence-corrected chi connectivity index (χ4v) is 1.43. The second kappa shape index (κ2) is 6.10. The normalized spacial score (nSPS) is 10.7. The number of imidazole rings is 1. The minimum Gasteiger partial charge on any atom is -0.358 e. The molecule has 0 aromatic carbocycles. The monoisotopic (exact) mass is 255 g/mol. The fraction of sp³-hybridized carbons (Fsp3) is 0.600. The molecule has 1 heterocycles. The van der Waals surface area contributed by atoms with E-state index in [-0.39, 0.29) is 11.6 Å². The Morgan fingerprint density at radius 3 is 2.78 bits per heavy atom. The summed E-state index contributed by atoms with van der Waals surface area (Å²) in [5, 5.41) is 13.2. The maximum atomic E-state index is 11.7. The number of hydrogen-bond donors (Lipinski definition) is 1. The highest BCUT2D eigenvalue weighted by molar-refractivity contribution is 5.91. The summed E-state index contributed by atoms with van der Waals surface area (Å²) < 4.78 is 1.35. The van der Waals surface area contributed by atoms with Crippen molar-refractivity contribution >= 4 is 11.7 Å². The molecule has 0 saturated heterocycles. The van der Waals surface area contributed by atoms with Crippen LogP contribution < -0.4 is 5.32 Å². The van der Waals surface area contributed by atoms with Crippen molar-refractivity contribution in [2.75, 3.05) is 27.2 Å². The smallest absolute Gasteiger partial charge is 0.358 e. The average molecular weight is 255 g/mol. The van der Waals surface area contributed by atoms with Gasteiger partial charge in [-0.3, -0.25) is 4.79 Å². The second-order valence-corrected chi connectivity index (χ2v) is 4.20. The largest absolute Gasteiger partial charge is 0.382 e. The number of aryl methyl sites for hydroxylation is 1. The molecule has 0 aliphatic heterocycles. The summed E-state index contributed by atoms with van der Waals surface area (Å²) in [5.74, 6) is -0.674. The van der Waals surface area contributed by atoms with Crippen LogP contribution in [0.1, 0.15) is 17.0 Å². The quantitative estimate of drug-likeness (QED) is 0.439. The number of hydrogen-bond acceptors (Lipinski definition) is 5. The SMILES string of the molecule is CN(C)CCCNC(=O)c1nc([N+](=O)[O-])cn1C. The Morgan fingerprint density at radius 1 is 1.61 bits per heavy atom. The van der Waals surface area contributed by atoms with E-state index < -0.39 is 10.8 Å². The molecule has 0 aliphatic rings. The number of amides is 1. The first-order valence-corrected chi connectivity index (χ1v) is 5.52. The predicted octanol–water partition coefficient (Wildman–Crippen LogP) is 0.00980. The van der Waals surface area contributed by atoms with E-state index in [1.807, 2.05) is 19.0 Å². The van der Waals surface area contributed by atoms with Crippen LogP contribution in [0.5, 0.6) is 0 Å². The van der Waals surface area contributed by atoms with E-state index in [9.17, 15) is 14.9 Å². The molecular weight excluding hydrogens is 238 g/mol. The van der Waals surface area contributed by atoms with Crippen molar-refractivity contribution in [2.45, 2.75) is 6.42 Å². The van der Waals surface area contributed by atoms with Gasteiger partial charge in [-0.15, -0.1) is 0 Å². The third-order valence-corrected chi connectivity index (χ3v) is 2.32. The van der Waals surface area contributed by atoms with E-state index in [0.29, 0.717) is 6.54 Å². The van der Waals surface area contributed by atoms with Gasteiger partial charge in [-0.05, 0) is 37.0 Å². The molecular formula is C10H17N5O3. The van der Waals surface area contributed by atoms with Crippen LogP contribution in [-0.4, -0.2) is 52.5 Å². The van der Waals surface area contributed by atoms with Gasteiger partial charge in [-0.25, -0.2) is 0 Å². The minimum atomic E-state index is -0.622. The molecule has 8 heteroatoms. The molecule has 1 amide bonds. The van der Waals surface area contributed by atoms with Crippen LogP contribution in [-0.2, 0) is 7.05 Å². The maximum absolute atomic E-state index is 11.7. The molecule has 0 radical (unpaired) electrons. The van der Waals surface area contributed by atoms with Crippen molar-refractivity contribution in [1.82, 2.24) is 19.8 Å². The van der Waals surface area contributed by atoms with Gasteiger partial charge in [0.2, 0.25) is 0 Å². The van der Waals surface area contributed by atoms with E-state index in [1.165, 1.54) is 10.8 Å². The molecule has 1 aromatic heterocycles. The molecule has 0 bridgehead atoms. The van der Waals surface area contributed by atoms with Gasteiger partial charge in [0.05, 0.1) is 0 Å². The van der Waals surface area contributed by atoms with Crippen LogP contribution in [0.4, 0.5) is 5.82 Å². The van der Waals surface area contributed by atoms with Crippen molar-refractivity contribution in [3.63, 3.8) is 0 Å². The summed E-state index contributed by atoms with van der Waals surface area (Å²) in [4.78, 5) is 27.3. The molecule has 18 heavy (non-hydrogen) atoms. The van der Waals surface area contributed by atoms with Crippen molar-refractivity contribution in [3.8, 4) is 0 Å². The van der Waals surface area contributed by atoms with Gasteiger partial charge in [0, 0.05) is 13.6 Å². The van der Waals surface area contributed by atoms with E-state index in [1.54, 1.807) is 7.05 Å². The maximum Gasteiger partial charge on any atom is 0.382 e. The van der Waals surface area contributed by atoms with Gasteiger partial charge in [-0.2, -0.15) is 0 Å². The highest BCUT2D eigenvalue weighted by Gasteiger charge is 2.22. The van der Waals surface area contributed by atoms with Crippen molar-refractivity contribution in [3.05, 3.63) is 22.1 Å². The Morgan fingerprint density at radius 2 is 2.28 bits per heavy atom. The Balaban J connectivity index is 2.54. The van der Waals surface area contributed by atoms with Crippen molar-refractivity contribution in [1.29, 1.82) is 0 Å². The van der Waals surface area contributed by atoms with E-state index in [2.05, 4.69) is 10.3 Å². The molecule has 1 rings (SSSR count). The Labute approximate surface area is 105 Å². The zero-order chi connectivity index (χ0) is 13.7. The van der Waals surface area contributed by atoms with Crippen molar-refractivity contribution < 1.29 is 9.72 Å². The molecule has 0 unspecified atom stereocenters. The van der Waals surface area contributed by atoms with Gasteiger partial charge < -0.3 is 24.9 Å². The molecule has 0 spiro atoms. The number of carbonyl (C=O) groups excluding carboxylic acids is 1. The number of carbonyl (C=O) groups is 1. The number of nitro groups is 1. The first-order chi connectivity index (χ1) is 8.41. The van der Waals surface area contributed by atoms with Crippen LogP contribution in [0, 0.1) is 10.1 Å². The third-order valence-electron chi connectivity index (χ3n) is 2.32. The molecule has 100 valence electrons. The van der Waals surface area contributed by atoms with E-state index >= 15 is 0 Å². The lowest BCUT2D eigenvalue weighted by Crippen LogP contribution is -2.29. The first-order valence-electron chi connectivity index (χ1n) is 5.52. The highest BCUT2D eigenvalue weighted by Crippen LogP contribution is 2.09. The summed E-state index contributed by atoms with van der Waals surface area (Å²) in [6, 6.07) is 0. The minimum absolute atomic E-state index is 0.0477. The predicted molar refractivity (Wildman–Crippen MR) is 65.4 cm³/mol. The van der Waals surface area contributed by atoms with E-state index in [0.717, 1.165) is 13.0 Å². The van der Waals surface area contributed by atoms with Gasteiger partial charge in [0.25, 0.3) is 0 Å². The van der Waals surface area contributed by atoms with Crippen LogP contribution in [0.15, 0.2) is 6.20 Å². The van der Waals surface area contributed by atoms with Gasteiger partial charge in [0.15, 0.2) is 0 Å². The zero-order valence-electron chi connectivity index (χ0n) is 10.7. The van der Waals surface area contributed by atoms with E-state index in [4.69, 9.17) is 0 Å². The van der Waals surface area contributed by atoms with Crippen LogP contribution in [0.2, 0.25) is 0 Å². The number of nitrogens with zero attached hydrogens (tertiary/aromatic N) is 4. The molecule has 8 nitrogen and oxygen atoms in total. The number of nitrogens with one attached hydrogen (secondary N) is 1. The fourth-order valence-electron chi connectivity index (χ4n) is 1.43. The molecule has 1 N–H and O–H groups in total. The number of rotatable bonds is 6. The molecule has 0 fully saturated rings. The summed E-state index contributed by atoms with van der Waals surface area (Å²) in [6.07, 6.45) is 2.03. The highest BCUT2D eigenvalue weighted by atomic mass is 16.6. The van der Waals surface area contributed by atoms with Gasteiger partial charge in [-0.1, -0.05) is 0 Å². The van der Waals surface area contributed by atoms with Gasteiger partial charge >= 0.3 is 17.5 Å². The Hall–Kier alpha value is -1.96. The average Bonchev–Trinajstić information content (AvgIpc) is 2.66. The number of aromatic nitrogens is 2. The molecule has 0 aliphatic carbocycles. The lowest BCUT2D eigenvalue weighted by atomic mass is 10.4. The molecule has 1 aromatic rings. The molecule has 0 atom stereocenters. The van der Waals surface area contributed by atoms with Crippen LogP contribution >= 0.6 is 0 Å². The first kappa shape index (κ1) is 14.1. The Kier molecular flexibility index (Phi) is 4.78.